The first kappa shape index (κ1) is 13.6. The van der Waals surface area contributed by atoms with Crippen molar-refractivity contribution in [2.45, 2.75) is 26.8 Å². The maximum absolute atomic E-state index is 11.2. The third-order valence-electron chi connectivity index (χ3n) is 3.84. The third kappa shape index (κ3) is 2.59. The second-order valence-corrected chi connectivity index (χ2v) is 6.20. The van der Waals surface area contributed by atoms with Crippen LogP contribution in [0.5, 0.6) is 0 Å². The lowest BCUT2D eigenvalue weighted by atomic mass is 9.90. The number of carbonyl (C=O) groups is 1. The lowest BCUT2D eigenvalue weighted by Crippen LogP contribution is -2.31. The molecule has 18 heavy (non-hydrogen) atoms. The van der Waals surface area contributed by atoms with Crippen molar-refractivity contribution in [3.63, 3.8) is 0 Å². The highest BCUT2D eigenvalue weighted by molar-refractivity contribution is 9.10. The Kier molecular flexibility index (Phi) is 3.78. The van der Waals surface area contributed by atoms with Crippen LogP contribution < -0.4 is 0 Å². The number of carboxylic acid groups (broad SMARTS) is 1. The fourth-order valence-corrected chi connectivity index (χ4v) is 2.84. The van der Waals surface area contributed by atoms with Gasteiger partial charge in [-0.3, -0.25) is 9.69 Å². The molecule has 0 radical (unpaired) electrons. The summed E-state index contributed by atoms with van der Waals surface area (Å²) in [6.45, 7) is 6.24. The molecule has 1 saturated heterocycles. The molecule has 1 unspecified atom stereocenters. The highest BCUT2D eigenvalue weighted by atomic mass is 79.9. The highest BCUT2D eigenvalue weighted by Crippen LogP contribution is 2.31. The summed E-state index contributed by atoms with van der Waals surface area (Å²) in [7, 11) is 0. The normalized spacial score (nSPS) is 24.4. The van der Waals surface area contributed by atoms with E-state index < -0.39 is 11.4 Å². The molecular formula is C14H18BrNO2. The van der Waals surface area contributed by atoms with Crippen molar-refractivity contribution in [2.75, 3.05) is 13.1 Å². The van der Waals surface area contributed by atoms with E-state index in [0.29, 0.717) is 6.54 Å². The van der Waals surface area contributed by atoms with E-state index in [4.69, 9.17) is 0 Å². The van der Waals surface area contributed by atoms with Gasteiger partial charge in [-0.15, -0.1) is 0 Å². The maximum Gasteiger partial charge on any atom is 0.310 e. The van der Waals surface area contributed by atoms with Crippen LogP contribution >= 0.6 is 15.9 Å². The third-order valence-corrected chi connectivity index (χ3v) is 4.70. The first-order valence-corrected chi connectivity index (χ1v) is 6.91. The van der Waals surface area contributed by atoms with Gasteiger partial charge in [0.15, 0.2) is 0 Å². The van der Waals surface area contributed by atoms with E-state index in [-0.39, 0.29) is 0 Å². The number of nitrogens with zero attached hydrogens (tertiary/aromatic N) is 1. The van der Waals surface area contributed by atoms with Gasteiger partial charge in [0.1, 0.15) is 0 Å². The van der Waals surface area contributed by atoms with Gasteiger partial charge in [-0.25, -0.2) is 0 Å². The van der Waals surface area contributed by atoms with Crippen molar-refractivity contribution in [3.05, 3.63) is 33.8 Å². The predicted octanol–water partition coefficient (Wildman–Crippen LogP) is 3.05. The van der Waals surface area contributed by atoms with Crippen molar-refractivity contribution in [1.29, 1.82) is 0 Å². The van der Waals surface area contributed by atoms with E-state index in [0.717, 1.165) is 24.0 Å². The Hall–Kier alpha value is -0.870. The van der Waals surface area contributed by atoms with Crippen LogP contribution in [0.4, 0.5) is 0 Å². The van der Waals surface area contributed by atoms with Gasteiger partial charge < -0.3 is 5.11 Å². The van der Waals surface area contributed by atoms with Gasteiger partial charge in [0.05, 0.1) is 5.41 Å². The number of halogens is 1. The van der Waals surface area contributed by atoms with Gasteiger partial charge >= 0.3 is 5.97 Å². The van der Waals surface area contributed by atoms with Gasteiger partial charge in [-0.05, 0) is 44.0 Å². The number of likely N-dealkylation sites (tertiary alicyclic amines) is 1. The molecule has 2 rings (SSSR count). The van der Waals surface area contributed by atoms with Crippen LogP contribution in [0.3, 0.4) is 0 Å². The van der Waals surface area contributed by atoms with Gasteiger partial charge in [0, 0.05) is 17.6 Å². The van der Waals surface area contributed by atoms with Gasteiger partial charge in [0.2, 0.25) is 0 Å². The van der Waals surface area contributed by atoms with Gasteiger partial charge in [0.25, 0.3) is 0 Å². The topological polar surface area (TPSA) is 40.5 Å². The molecule has 1 aliphatic rings. The summed E-state index contributed by atoms with van der Waals surface area (Å²) in [6.07, 6.45) is 0.732. The molecule has 0 spiro atoms. The van der Waals surface area contributed by atoms with Crippen molar-refractivity contribution < 1.29 is 9.90 Å². The number of hydrogen-bond acceptors (Lipinski definition) is 2. The molecule has 1 aliphatic heterocycles. The van der Waals surface area contributed by atoms with Crippen LogP contribution in [0, 0.1) is 12.3 Å². The van der Waals surface area contributed by atoms with Crippen LogP contribution in [0.1, 0.15) is 24.5 Å². The molecule has 0 amide bonds. The minimum absolute atomic E-state index is 0.583. The van der Waals surface area contributed by atoms with E-state index in [1.54, 1.807) is 0 Å². The zero-order valence-electron chi connectivity index (χ0n) is 10.7. The summed E-state index contributed by atoms with van der Waals surface area (Å²) < 4.78 is 1.11. The van der Waals surface area contributed by atoms with Crippen LogP contribution in [-0.2, 0) is 11.3 Å². The Morgan fingerprint density at radius 3 is 2.89 bits per heavy atom. The second kappa shape index (κ2) is 5.02. The average Bonchev–Trinajstić information content (AvgIpc) is 2.68. The number of rotatable bonds is 3. The fourth-order valence-electron chi connectivity index (χ4n) is 2.43. The van der Waals surface area contributed by atoms with Crippen LogP contribution in [-0.4, -0.2) is 29.1 Å². The van der Waals surface area contributed by atoms with Crippen molar-refractivity contribution >= 4 is 21.9 Å². The molecule has 1 fully saturated rings. The first-order valence-electron chi connectivity index (χ1n) is 6.12. The summed E-state index contributed by atoms with van der Waals surface area (Å²) in [4.78, 5) is 13.4. The number of hydrogen-bond donors (Lipinski definition) is 1. The molecule has 1 aromatic rings. The van der Waals surface area contributed by atoms with Crippen LogP contribution in [0.2, 0.25) is 0 Å². The highest BCUT2D eigenvalue weighted by Gasteiger charge is 2.40. The lowest BCUT2D eigenvalue weighted by molar-refractivity contribution is -0.147. The Bertz CT molecular complexity index is 475. The Morgan fingerprint density at radius 1 is 1.56 bits per heavy atom. The number of carboxylic acids is 1. The second-order valence-electron chi connectivity index (χ2n) is 5.35. The monoisotopic (exact) mass is 311 g/mol. The Labute approximate surface area is 116 Å². The van der Waals surface area contributed by atoms with Crippen molar-refractivity contribution in [2.24, 2.45) is 5.41 Å². The quantitative estimate of drug-likeness (QED) is 0.932. The molecule has 1 N–H and O–H groups in total. The van der Waals surface area contributed by atoms with E-state index in [9.17, 15) is 9.90 Å². The van der Waals surface area contributed by atoms with Crippen LogP contribution in [0.15, 0.2) is 22.7 Å². The zero-order valence-corrected chi connectivity index (χ0v) is 12.3. The largest absolute Gasteiger partial charge is 0.481 e. The standard InChI is InChI=1S/C14H18BrNO2/c1-10-11(4-3-5-12(10)15)8-16-7-6-14(2,9-16)13(17)18/h3-5H,6-9H2,1-2H3,(H,17,18). The summed E-state index contributed by atoms with van der Waals surface area (Å²) in [5.41, 5.74) is 1.92. The van der Waals surface area contributed by atoms with E-state index in [2.05, 4.69) is 33.8 Å². The molecule has 1 aromatic carbocycles. The molecular weight excluding hydrogens is 294 g/mol. The minimum atomic E-state index is -0.684. The first-order chi connectivity index (χ1) is 8.42. The lowest BCUT2D eigenvalue weighted by Gasteiger charge is -2.21. The van der Waals surface area contributed by atoms with Crippen LogP contribution in [0.25, 0.3) is 0 Å². The molecule has 1 heterocycles. The SMILES string of the molecule is Cc1c(Br)cccc1CN1CCC(C)(C(=O)O)C1. The Balaban J connectivity index is 2.08. The van der Waals surface area contributed by atoms with Crippen molar-refractivity contribution in [3.8, 4) is 0 Å². The smallest absolute Gasteiger partial charge is 0.310 e. The fraction of sp³-hybridized carbons (Fsp3) is 0.500. The van der Waals surface area contributed by atoms with E-state index >= 15 is 0 Å². The molecule has 98 valence electrons. The summed E-state index contributed by atoms with van der Waals surface area (Å²) in [5, 5.41) is 9.22. The summed E-state index contributed by atoms with van der Waals surface area (Å²) in [5.74, 6) is -0.684. The number of benzene rings is 1. The van der Waals surface area contributed by atoms with Gasteiger partial charge in [-0.1, -0.05) is 28.1 Å². The van der Waals surface area contributed by atoms with E-state index in [1.807, 2.05) is 19.1 Å². The molecule has 0 saturated carbocycles. The molecule has 0 aliphatic carbocycles. The Morgan fingerprint density at radius 2 is 2.28 bits per heavy atom. The molecule has 1 atom stereocenters. The van der Waals surface area contributed by atoms with Crippen molar-refractivity contribution in [1.82, 2.24) is 4.90 Å². The zero-order chi connectivity index (χ0) is 13.3. The maximum atomic E-state index is 11.2. The predicted molar refractivity (Wildman–Crippen MR) is 74.5 cm³/mol. The summed E-state index contributed by atoms with van der Waals surface area (Å²) in [6, 6.07) is 6.17. The average molecular weight is 312 g/mol. The van der Waals surface area contributed by atoms with E-state index in [1.165, 1.54) is 11.1 Å². The minimum Gasteiger partial charge on any atom is -0.481 e. The molecule has 4 heteroatoms. The number of aliphatic carboxylic acids is 1. The molecule has 0 aromatic heterocycles. The summed E-state index contributed by atoms with van der Waals surface area (Å²) >= 11 is 3.53. The molecule has 3 nitrogen and oxygen atoms in total. The molecule has 0 bridgehead atoms. The van der Waals surface area contributed by atoms with Gasteiger partial charge in [-0.2, -0.15) is 0 Å².